The summed E-state index contributed by atoms with van der Waals surface area (Å²) in [6.07, 6.45) is 0. The summed E-state index contributed by atoms with van der Waals surface area (Å²) >= 11 is 2.32. The van der Waals surface area contributed by atoms with Crippen molar-refractivity contribution in [3.05, 3.63) is 0 Å². The maximum atomic E-state index is 4.68. The Labute approximate surface area is 349 Å². The average Bonchev–Trinajstić information content (AvgIpc) is 2.11. The van der Waals surface area contributed by atoms with Gasteiger partial charge in [0.2, 0.25) is 0 Å². The molecule has 0 saturated carbocycles. The van der Waals surface area contributed by atoms with Crippen LogP contribution in [0.2, 0.25) is 20.5 Å². The number of hydrogen-bond acceptors (Lipinski definition) is 3. The molecule has 1 rings (SSSR count). The van der Waals surface area contributed by atoms with Crippen LogP contribution in [0.4, 0.5) is 0 Å². The minimum absolute atomic E-state index is 0. The zero-order valence-corrected chi connectivity index (χ0v) is 42.0. The van der Waals surface area contributed by atoms with Crippen molar-refractivity contribution in [1.82, 2.24) is 0 Å². The molecule has 0 N–H and O–H groups in total. The van der Waals surface area contributed by atoms with Gasteiger partial charge >= 0.3 is 308 Å². The Balaban J connectivity index is -0.0000000182. The molecule has 1 aliphatic heterocycles. The van der Waals surface area contributed by atoms with Crippen LogP contribution in [0, 0.1) is 0 Å². The molecule has 0 unspecified atom stereocenters. The first-order valence-electron chi connectivity index (χ1n) is 4.15. The summed E-state index contributed by atoms with van der Waals surface area (Å²) in [5.74, 6) is 0. The Morgan fingerprint density at radius 3 is 1.38 bits per heavy atom. The Morgan fingerprint density at radius 2 is 1.25 bits per heavy atom. The molecule has 16 heavy (non-hydrogen) atoms. The van der Waals surface area contributed by atoms with E-state index in [1.54, 1.807) is 6.82 Å². The van der Waals surface area contributed by atoms with Crippen molar-refractivity contribution in [2.24, 2.45) is 0 Å². The van der Waals surface area contributed by atoms with E-state index in [1.807, 2.05) is 20.9 Å². The summed E-state index contributed by atoms with van der Waals surface area (Å²) < 4.78 is 13.8. The van der Waals surface area contributed by atoms with Crippen molar-refractivity contribution < 1.29 is 248 Å². The second-order valence-electron chi connectivity index (χ2n) is 1.75. The third-order valence-corrected chi connectivity index (χ3v) is 0.605. The molecule has 13 heteroatoms. The van der Waals surface area contributed by atoms with Gasteiger partial charge in [-0.15, -0.1) is 0 Å². The van der Waals surface area contributed by atoms with E-state index in [9.17, 15) is 0 Å². The summed E-state index contributed by atoms with van der Waals surface area (Å²) in [5, 5.41) is 0. The van der Waals surface area contributed by atoms with Gasteiger partial charge in [-0.1, -0.05) is 15.4 Å². The molecule has 0 aromatic heterocycles. The van der Waals surface area contributed by atoms with Crippen LogP contribution in [-0.2, 0) is 13.7 Å². The summed E-state index contributed by atoms with van der Waals surface area (Å²) in [7, 11) is 4.26. The van der Waals surface area contributed by atoms with Gasteiger partial charge in [-0.3, -0.25) is 13.6 Å². The van der Waals surface area contributed by atoms with Crippen LogP contribution in [-0.4, -0.2) is 97.5 Å². The van der Waals surface area contributed by atoms with Gasteiger partial charge in [-0.05, 0) is 6.82 Å². The van der Waals surface area contributed by atoms with E-state index in [-0.39, 0.29) is 241 Å². The first-order chi connectivity index (χ1) is 5.81. The molecule has 6 radical (unpaired) electrons. The van der Waals surface area contributed by atoms with E-state index in [1.165, 1.54) is 15.4 Å². The van der Waals surface area contributed by atoms with Crippen LogP contribution in [0.5, 0.6) is 0 Å². The van der Waals surface area contributed by atoms with Gasteiger partial charge in [-0.2, -0.15) is 0 Å². The Morgan fingerprint density at radius 1 is 1.00 bits per heavy atom. The van der Waals surface area contributed by atoms with E-state index in [0.29, 0.717) is 0 Å². The molecule has 0 atom stereocenters. The number of rotatable bonds is 0. The van der Waals surface area contributed by atoms with Gasteiger partial charge in [0.15, 0.2) is 0 Å². The monoisotopic (exact) mass is 648 g/mol. The molecule has 58 valence electrons. The molecular formula is C3H10B4O3Rb6. The maximum absolute atomic E-state index is 4.68. The zero-order chi connectivity index (χ0) is 9.82. The molecule has 0 aliphatic carbocycles. The SMILES string of the molecule is CB1O[B-]O[B-]O1.C[B-]C.[H-].[Rb+].[Rb+].[Rb+].[Rb+].[Rb][Rb]. The van der Waals surface area contributed by atoms with E-state index in [0.717, 1.165) is 67.7 Å². The zero-order valence-electron chi connectivity index (χ0n) is 13.5. The Kier molecular flexibility index (Phi) is 105. The van der Waals surface area contributed by atoms with Gasteiger partial charge in [0.05, 0.1) is 0 Å². The van der Waals surface area contributed by atoms with Crippen LogP contribution in [0.15, 0.2) is 0 Å². The molecule has 0 bridgehead atoms. The minimum atomic E-state index is -0.200. The van der Waals surface area contributed by atoms with Crippen LogP contribution < -0.4 is 233 Å². The fraction of sp³-hybridized carbons (Fsp3) is 1.00. The Bertz CT molecular complexity index is 87.5. The third kappa shape index (κ3) is 39.9. The summed E-state index contributed by atoms with van der Waals surface area (Å²) in [6, 6.07) is 0. The van der Waals surface area contributed by atoms with E-state index < -0.39 is 0 Å². The first-order valence-corrected chi connectivity index (χ1v) is 38.1. The van der Waals surface area contributed by atoms with Gasteiger partial charge in [0.25, 0.3) is 0 Å². The van der Waals surface area contributed by atoms with Crippen LogP contribution in [0.3, 0.4) is 0 Å². The van der Waals surface area contributed by atoms with Gasteiger partial charge in [-0.25, -0.2) is 0 Å². The van der Waals surface area contributed by atoms with Crippen molar-refractivity contribution in [3.8, 4) is 0 Å². The van der Waals surface area contributed by atoms with Gasteiger partial charge in [0.1, 0.15) is 0 Å². The van der Waals surface area contributed by atoms with Crippen LogP contribution >= 0.6 is 0 Å². The predicted molar refractivity (Wildman–Crippen MR) is 56.5 cm³/mol. The first kappa shape index (κ1) is 41.4. The molecule has 0 aromatic carbocycles. The van der Waals surface area contributed by atoms with Crippen molar-refractivity contribution in [3.63, 3.8) is 0 Å². The molecule has 3 nitrogen and oxygen atoms in total. The van der Waals surface area contributed by atoms with Crippen LogP contribution in [0.1, 0.15) is 1.43 Å². The molecule has 1 fully saturated rings. The molecule has 0 amide bonds. The normalized spacial score (nSPS) is 11.6. The van der Waals surface area contributed by atoms with Gasteiger partial charge in [0, 0.05) is 0 Å². The summed E-state index contributed by atoms with van der Waals surface area (Å²) in [5.41, 5.74) is 0. The molecule has 1 heterocycles. The summed E-state index contributed by atoms with van der Waals surface area (Å²) in [6.45, 7) is 5.77. The summed E-state index contributed by atoms with van der Waals surface area (Å²) in [4.78, 5) is 0. The topological polar surface area (TPSA) is 27.7 Å². The second kappa shape index (κ2) is 40.6. The Hall–Kier alpha value is 11.0. The van der Waals surface area contributed by atoms with E-state index in [4.69, 9.17) is 0 Å². The average molecular weight is 650 g/mol. The molecule has 0 aromatic rings. The molecular weight excluding hydrogens is 640 g/mol. The van der Waals surface area contributed by atoms with Crippen LogP contribution in [0.25, 0.3) is 0 Å². The van der Waals surface area contributed by atoms with Crippen molar-refractivity contribution in [1.29, 1.82) is 0 Å². The molecule has 1 aliphatic rings. The second-order valence-corrected chi connectivity index (χ2v) is 1.75. The quantitative estimate of drug-likeness (QED) is 0.244. The molecule has 1 saturated heterocycles. The van der Waals surface area contributed by atoms with E-state index in [2.05, 4.69) is 13.7 Å². The van der Waals surface area contributed by atoms with E-state index >= 15 is 0 Å². The number of hydrogen-bond donors (Lipinski definition) is 0. The predicted octanol–water partition coefficient (Wildman–Crippen LogP) is -12.6. The fourth-order valence-electron chi connectivity index (χ4n) is 0.275. The van der Waals surface area contributed by atoms with Crippen molar-refractivity contribution in [2.75, 3.05) is 0 Å². The van der Waals surface area contributed by atoms with Gasteiger partial charge < -0.3 is 22.4 Å². The van der Waals surface area contributed by atoms with Crippen molar-refractivity contribution in [2.45, 2.75) is 20.5 Å². The fourth-order valence-corrected chi connectivity index (χ4v) is 0.275. The third-order valence-electron chi connectivity index (χ3n) is 0.605. The van der Waals surface area contributed by atoms with Crippen molar-refractivity contribution >= 4 is 97.5 Å². The molecule has 0 spiro atoms. The standard InChI is InChI=1S/C2H6B.CH3B3O3.6Rb.H/c1-3-2;1-4-6-2-5-3-7-4;;;;;;;/h1-2H3;1H3;;;;;;;/q-1;-2;;;4*+1;-1.